The molecule has 0 saturated carbocycles. The van der Waals surface area contributed by atoms with Crippen LogP contribution < -0.4 is 20.3 Å². The molecule has 27 heavy (non-hydrogen) atoms. The van der Waals surface area contributed by atoms with Crippen molar-refractivity contribution in [2.75, 3.05) is 20.8 Å². The Morgan fingerprint density at radius 1 is 1.15 bits per heavy atom. The van der Waals surface area contributed by atoms with Crippen molar-refractivity contribution in [3.63, 3.8) is 0 Å². The van der Waals surface area contributed by atoms with Crippen molar-refractivity contribution >= 4 is 5.91 Å². The molecule has 1 amide bonds. The molecule has 0 saturated heterocycles. The number of rotatable bonds is 8. The molecule has 0 aliphatic heterocycles. The molecule has 0 aliphatic carbocycles. The van der Waals surface area contributed by atoms with Crippen LogP contribution in [0, 0.1) is 0 Å². The van der Waals surface area contributed by atoms with Crippen LogP contribution in [0.2, 0.25) is 0 Å². The first-order chi connectivity index (χ1) is 13.0. The number of aromatic nitrogens is 1. The number of unbranched alkanes of at least 4 members (excludes halogenated alkanes) is 1. The van der Waals surface area contributed by atoms with Gasteiger partial charge in [-0.1, -0.05) is 19.4 Å². The monoisotopic (exact) mass is 374 g/mol. The molecule has 146 valence electrons. The summed E-state index contributed by atoms with van der Waals surface area (Å²) in [5.41, 5.74) is 0.434. The third kappa shape index (κ3) is 4.07. The maximum atomic E-state index is 12.5. The minimum atomic E-state index is -0.631. The molecule has 3 N–H and O–H groups in total. The van der Waals surface area contributed by atoms with E-state index < -0.39 is 11.5 Å². The fourth-order valence-electron chi connectivity index (χ4n) is 3.01. The highest BCUT2D eigenvalue weighted by Crippen LogP contribution is 2.44. The average molecular weight is 374 g/mol. The van der Waals surface area contributed by atoms with Crippen LogP contribution in [-0.4, -0.2) is 36.8 Å². The molecule has 0 bridgehead atoms. The number of H-pyrrole nitrogens is 1. The molecule has 0 aliphatic rings. The zero-order chi connectivity index (χ0) is 20.0. The Morgan fingerprint density at radius 3 is 2.30 bits per heavy atom. The normalized spacial score (nSPS) is 10.5. The fourth-order valence-corrected chi connectivity index (χ4v) is 3.01. The average Bonchev–Trinajstić information content (AvgIpc) is 2.66. The van der Waals surface area contributed by atoms with Crippen molar-refractivity contribution in [1.29, 1.82) is 0 Å². The Kier molecular flexibility index (Phi) is 6.87. The highest BCUT2D eigenvalue weighted by Gasteiger charge is 2.26. The number of amides is 1. The van der Waals surface area contributed by atoms with Crippen molar-refractivity contribution in [3.8, 4) is 28.4 Å². The SMILES string of the molecule is CCCCc1[nH]c(=O)c(C(=O)NCC)c(O)c1-c1c(OC)cccc1OC. The van der Waals surface area contributed by atoms with Crippen molar-refractivity contribution in [2.24, 2.45) is 0 Å². The van der Waals surface area contributed by atoms with Gasteiger partial charge in [0.05, 0.1) is 25.3 Å². The van der Waals surface area contributed by atoms with Crippen molar-refractivity contribution in [3.05, 3.63) is 39.8 Å². The van der Waals surface area contributed by atoms with E-state index in [9.17, 15) is 14.7 Å². The van der Waals surface area contributed by atoms with Crippen LogP contribution in [0.25, 0.3) is 11.1 Å². The van der Waals surface area contributed by atoms with Crippen molar-refractivity contribution < 1.29 is 19.4 Å². The van der Waals surface area contributed by atoms with Crippen LogP contribution in [0.1, 0.15) is 42.7 Å². The lowest BCUT2D eigenvalue weighted by molar-refractivity contribution is 0.0951. The number of pyridine rings is 1. The fraction of sp³-hybridized carbons (Fsp3) is 0.400. The smallest absolute Gasteiger partial charge is 0.264 e. The second-order valence-electron chi connectivity index (χ2n) is 6.03. The van der Waals surface area contributed by atoms with Gasteiger partial charge in [0.1, 0.15) is 22.8 Å². The van der Waals surface area contributed by atoms with E-state index in [2.05, 4.69) is 10.3 Å². The molecule has 7 heteroatoms. The summed E-state index contributed by atoms with van der Waals surface area (Å²) in [7, 11) is 3.02. The predicted molar refractivity (Wildman–Crippen MR) is 104 cm³/mol. The van der Waals surface area contributed by atoms with Gasteiger partial charge in [-0.25, -0.2) is 0 Å². The molecular formula is C20H26N2O5. The first kappa shape index (κ1) is 20.4. The summed E-state index contributed by atoms with van der Waals surface area (Å²) < 4.78 is 10.9. The standard InChI is InChI=1S/C20H26N2O5/c1-5-7-9-12-15(16-13(26-3)10-8-11-14(16)27-4)18(23)17(20(25)22-12)19(24)21-6-2/h8,10-11H,5-7,9H2,1-4H3,(H,21,24)(H2,22,23,25). The number of carbonyl (C=O) groups is 1. The third-order valence-electron chi connectivity index (χ3n) is 4.29. The molecule has 1 heterocycles. The lowest BCUT2D eigenvalue weighted by Crippen LogP contribution is -2.30. The van der Waals surface area contributed by atoms with Gasteiger partial charge in [0.25, 0.3) is 11.5 Å². The Bertz CT molecular complexity index is 851. The number of aromatic amines is 1. The Hall–Kier alpha value is -2.96. The molecule has 0 spiro atoms. The number of methoxy groups -OCH3 is 2. The Balaban J connectivity index is 2.86. The summed E-state index contributed by atoms with van der Waals surface area (Å²) in [5.74, 6) is -0.0698. The molecule has 2 aromatic rings. The van der Waals surface area contributed by atoms with Gasteiger partial charge in [0, 0.05) is 12.2 Å². The topological polar surface area (TPSA) is 101 Å². The van der Waals surface area contributed by atoms with Crippen LogP contribution in [0.3, 0.4) is 0 Å². The molecule has 0 radical (unpaired) electrons. The van der Waals surface area contributed by atoms with Gasteiger partial charge in [0.15, 0.2) is 0 Å². The van der Waals surface area contributed by atoms with E-state index in [1.807, 2.05) is 6.92 Å². The van der Waals surface area contributed by atoms with Gasteiger partial charge >= 0.3 is 0 Å². The number of carbonyl (C=O) groups excluding carboxylic acids is 1. The largest absolute Gasteiger partial charge is 0.506 e. The zero-order valence-corrected chi connectivity index (χ0v) is 16.1. The minimum Gasteiger partial charge on any atom is -0.506 e. The van der Waals surface area contributed by atoms with Crippen molar-refractivity contribution in [2.45, 2.75) is 33.1 Å². The maximum absolute atomic E-state index is 12.5. The highest BCUT2D eigenvalue weighted by molar-refractivity contribution is 6.00. The second-order valence-corrected chi connectivity index (χ2v) is 6.03. The quantitative estimate of drug-likeness (QED) is 0.660. The van der Waals surface area contributed by atoms with Crippen LogP contribution >= 0.6 is 0 Å². The number of aryl methyl sites for hydroxylation is 1. The molecule has 0 unspecified atom stereocenters. The lowest BCUT2D eigenvalue weighted by atomic mass is 9.95. The first-order valence-electron chi connectivity index (χ1n) is 8.97. The molecule has 1 aromatic carbocycles. The maximum Gasteiger partial charge on any atom is 0.264 e. The summed E-state index contributed by atoms with van der Waals surface area (Å²) in [4.78, 5) is 27.6. The van der Waals surface area contributed by atoms with Crippen LogP contribution in [0.15, 0.2) is 23.0 Å². The summed E-state index contributed by atoms with van der Waals surface area (Å²) in [6.07, 6.45) is 2.25. The Labute approximate surface area is 158 Å². The van der Waals surface area contributed by atoms with E-state index in [0.29, 0.717) is 41.3 Å². The summed E-state index contributed by atoms with van der Waals surface area (Å²) in [6, 6.07) is 5.23. The van der Waals surface area contributed by atoms with Crippen molar-refractivity contribution in [1.82, 2.24) is 10.3 Å². The van der Waals surface area contributed by atoms with E-state index in [4.69, 9.17) is 9.47 Å². The lowest BCUT2D eigenvalue weighted by Gasteiger charge is -2.19. The summed E-state index contributed by atoms with van der Waals surface area (Å²) >= 11 is 0. The number of nitrogens with one attached hydrogen (secondary N) is 2. The molecule has 7 nitrogen and oxygen atoms in total. The minimum absolute atomic E-state index is 0.319. The number of ether oxygens (including phenoxy) is 2. The van der Waals surface area contributed by atoms with E-state index >= 15 is 0 Å². The van der Waals surface area contributed by atoms with E-state index in [0.717, 1.165) is 12.8 Å². The van der Waals surface area contributed by atoms with Crippen LogP contribution in [-0.2, 0) is 6.42 Å². The van der Waals surface area contributed by atoms with Gasteiger partial charge in [-0.2, -0.15) is 0 Å². The summed E-state index contributed by atoms with van der Waals surface area (Å²) in [5, 5.41) is 13.5. The van der Waals surface area contributed by atoms with Crippen LogP contribution in [0.4, 0.5) is 0 Å². The molecule has 0 atom stereocenters. The first-order valence-corrected chi connectivity index (χ1v) is 8.97. The van der Waals surface area contributed by atoms with E-state index in [1.165, 1.54) is 14.2 Å². The molecule has 0 fully saturated rings. The number of aromatic hydroxyl groups is 1. The molecular weight excluding hydrogens is 348 g/mol. The van der Waals surface area contributed by atoms with Gasteiger partial charge in [-0.3, -0.25) is 9.59 Å². The number of hydrogen-bond donors (Lipinski definition) is 3. The van der Waals surface area contributed by atoms with Gasteiger partial charge in [0.2, 0.25) is 0 Å². The van der Waals surface area contributed by atoms with Gasteiger partial charge in [-0.05, 0) is 31.9 Å². The van der Waals surface area contributed by atoms with Crippen LogP contribution in [0.5, 0.6) is 17.2 Å². The zero-order valence-electron chi connectivity index (χ0n) is 16.1. The number of benzene rings is 1. The Morgan fingerprint density at radius 2 is 1.78 bits per heavy atom. The van der Waals surface area contributed by atoms with Gasteiger partial charge in [-0.15, -0.1) is 0 Å². The number of hydrogen-bond acceptors (Lipinski definition) is 5. The van der Waals surface area contributed by atoms with E-state index in [-0.39, 0.29) is 11.3 Å². The highest BCUT2D eigenvalue weighted by atomic mass is 16.5. The second kappa shape index (κ2) is 9.12. The molecule has 2 rings (SSSR count). The third-order valence-corrected chi connectivity index (χ3v) is 4.29. The molecule has 1 aromatic heterocycles. The van der Waals surface area contributed by atoms with Gasteiger partial charge < -0.3 is 24.9 Å². The summed E-state index contributed by atoms with van der Waals surface area (Å²) in [6.45, 7) is 4.11. The van der Waals surface area contributed by atoms with E-state index in [1.54, 1.807) is 25.1 Å². The predicted octanol–water partition coefficient (Wildman–Crippen LogP) is 2.86.